The molecule has 0 radical (unpaired) electrons. The van der Waals surface area contributed by atoms with Crippen molar-refractivity contribution in [2.24, 2.45) is 5.73 Å². The summed E-state index contributed by atoms with van der Waals surface area (Å²) >= 11 is 0. The molecule has 0 aromatic heterocycles. The van der Waals surface area contributed by atoms with Gasteiger partial charge in [0.05, 0.1) is 19.2 Å². The van der Waals surface area contributed by atoms with Crippen molar-refractivity contribution in [3.63, 3.8) is 0 Å². The average molecular weight is 222 g/mol. The fraction of sp³-hybridized carbons (Fsp3) is 0.417. The van der Waals surface area contributed by atoms with Gasteiger partial charge < -0.3 is 15.8 Å². The normalized spacial score (nSPS) is 14.0. The zero-order chi connectivity index (χ0) is 12.1. The Hall–Kier alpha value is -1.55. The zero-order valence-corrected chi connectivity index (χ0v) is 9.86. The Morgan fingerprint density at radius 3 is 2.69 bits per heavy atom. The molecule has 4 heteroatoms. The number of carbonyl (C=O) groups is 1. The quantitative estimate of drug-likeness (QED) is 0.805. The zero-order valence-electron chi connectivity index (χ0n) is 9.86. The number of amides is 1. The van der Waals surface area contributed by atoms with E-state index in [1.54, 1.807) is 14.0 Å². The van der Waals surface area contributed by atoms with Crippen molar-refractivity contribution in [3.8, 4) is 5.75 Å². The molecule has 88 valence electrons. The topological polar surface area (TPSA) is 64.3 Å². The molecule has 0 aliphatic carbocycles. The van der Waals surface area contributed by atoms with E-state index in [9.17, 15) is 4.79 Å². The van der Waals surface area contributed by atoms with E-state index in [-0.39, 0.29) is 11.9 Å². The Kier molecular flexibility index (Phi) is 4.31. The molecule has 2 atom stereocenters. The van der Waals surface area contributed by atoms with E-state index >= 15 is 0 Å². The number of carbonyl (C=O) groups excluding carboxylic acids is 1. The summed E-state index contributed by atoms with van der Waals surface area (Å²) in [7, 11) is 1.62. The van der Waals surface area contributed by atoms with Crippen molar-refractivity contribution in [2.75, 3.05) is 7.11 Å². The minimum Gasteiger partial charge on any atom is -0.497 e. The van der Waals surface area contributed by atoms with Crippen LogP contribution in [0.5, 0.6) is 5.75 Å². The Morgan fingerprint density at radius 1 is 1.44 bits per heavy atom. The molecular weight excluding hydrogens is 204 g/mol. The summed E-state index contributed by atoms with van der Waals surface area (Å²) in [5, 5.41) is 2.83. The minimum atomic E-state index is -0.493. The van der Waals surface area contributed by atoms with E-state index in [1.807, 2.05) is 31.2 Å². The van der Waals surface area contributed by atoms with Crippen LogP contribution in [-0.4, -0.2) is 19.1 Å². The van der Waals surface area contributed by atoms with Gasteiger partial charge in [-0.25, -0.2) is 0 Å². The van der Waals surface area contributed by atoms with E-state index in [1.165, 1.54) is 0 Å². The van der Waals surface area contributed by atoms with Gasteiger partial charge in [-0.3, -0.25) is 4.79 Å². The molecule has 0 aliphatic heterocycles. The van der Waals surface area contributed by atoms with Crippen LogP contribution in [0.25, 0.3) is 0 Å². The highest BCUT2D eigenvalue weighted by Crippen LogP contribution is 2.18. The van der Waals surface area contributed by atoms with Crippen molar-refractivity contribution in [2.45, 2.75) is 25.9 Å². The molecule has 0 bridgehead atoms. The highest BCUT2D eigenvalue weighted by atomic mass is 16.5. The second-order valence-corrected chi connectivity index (χ2v) is 3.80. The lowest BCUT2D eigenvalue weighted by Gasteiger charge is -2.16. The second kappa shape index (κ2) is 5.51. The Balaban J connectivity index is 2.72. The first-order chi connectivity index (χ1) is 7.54. The molecule has 16 heavy (non-hydrogen) atoms. The third-order valence-electron chi connectivity index (χ3n) is 2.37. The molecule has 0 aliphatic rings. The van der Waals surface area contributed by atoms with Gasteiger partial charge in [0.1, 0.15) is 5.75 Å². The van der Waals surface area contributed by atoms with Gasteiger partial charge in [0.25, 0.3) is 0 Å². The van der Waals surface area contributed by atoms with Crippen molar-refractivity contribution >= 4 is 5.91 Å². The van der Waals surface area contributed by atoms with Crippen LogP contribution in [-0.2, 0) is 4.79 Å². The number of hydrogen-bond acceptors (Lipinski definition) is 3. The van der Waals surface area contributed by atoms with Crippen LogP contribution in [0.15, 0.2) is 24.3 Å². The van der Waals surface area contributed by atoms with Crippen LogP contribution >= 0.6 is 0 Å². The fourth-order valence-corrected chi connectivity index (χ4v) is 1.34. The van der Waals surface area contributed by atoms with Crippen molar-refractivity contribution in [1.29, 1.82) is 0 Å². The molecule has 1 amide bonds. The van der Waals surface area contributed by atoms with Crippen LogP contribution in [0.4, 0.5) is 0 Å². The van der Waals surface area contributed by atoms with Crippen LogP contribution < -0.4 is 15.8 Å². The van der Waals surface area contributed by atoms with Gasteiger partial charge in [0.15, 0.2) is 0 Å². The molecule has 3 N–H and O–H groups in total. The van der Waals surface area contributed by atoms with Crippen molar-refractivity contribution in [1.82, 2.24) is 5.32 Å². The molecular formula is C12H18N2O2. The average Bonchev–Trinajstić information content (AvgIpc) is 2.28. The Bertz CT molecular complexity index is 364. The molecule has 1 rings (SSSR count). The van der Waals surface area contributed by atoms with Crippen LogP contribution in [0.3, 0.4) is 0 Å². The molecule has 0 fully saturated rings. The van der Waals surface area contributed by atoms with Gasteiger partial charge in [0, 0.05) is 0 Å². The molecule has 0 saturated carbocycles. The van der Waals surface area contributed by atoms with Gasteiger partial charge in [0.2, 0.25) is 5.91 Å². The maximum Gasteiger partial charge on any atom is 0.237 e. The van der Waals surface area contributed by atoms with Crippen LogP contribution in [0, 0.1) is 0 Å². The van der Waals surface area contributed by atoms with Gasteiger partial charge in [-0.15, -0.1) is 0 Å². The largest absolute Gasteiger partial charge is 0.497 e. The number of methoxy groups -OCH3 is 1. The summed E-state index contributed by atoms with van der Waals surface area (Å²) in [6.45, 7) is 3.57. The van der Waals surface area contributed by atoms with Crippen molar-refractivity contribution < 1.29 is 9.53 Å². The molecule has 0 unspecified atom stereocenters. The van der Waals surface area contributed by atoms with Gasteiger partial charge in [-0.05, 0) is 31.5 Å². The summed E-state index contributed by atoms with van der Waals surface area (Å²) in [5.74, 6) is 0.620. The van der Waals surface area contributed by atoms with E-state index in [0.717, 1.165) is 11.3 Å². The summed E-state index contributed by atoms with van der Waals surface area (Å²) in [4.78, 5) is 11.4. The number of nitrogens with one attached hydrogen (secondary N) is 1. The smallest absolute Gasteiger partial charge is 0.237 e. The summed E-state index contributed by atoms with van der Waals surface area (Å²) < 4.78 is 5.12. The molecule has 0 spiro atoms. The number of rotatable bonds is 4. The molecule has 0 heterocycles. The van der Waals surface area contributed by atoms with E-state index in [2.05, 4.69) is 5.32 Å². The summed E-state index contributed by atoms with van der Waals surface area (Å²) in [6, 6.07) is 7.02. The molecule has 0 saturated heterocycles. The predicted octanol–water partition coefficient (Wildman–Crippen LogP) is 1.22. The summed E-state index contributed by atoms with van der Waals surface area (Å²) in [5.41, 5.74) is 6.48. The third kappa shape index (κ3) is 3.24. The maximum absolute atomic E-state index is 11.4. The first-order valence-electron chi connectivity index (χ1n) is 5.24. The third-order valence-corrected chi connectivity index (χ3v) is 2.37. The first-order valence-corrected chi connectivity index (χ1v) is 5.24. The number of ether oxygens (including phenoxy) is 1. The second-order valence-electron chi connectivity index (χ2n) is 3.80. The standard InChI is InChI=1S/C12H18N2O2/c1-8(13)12(15)14-9(2)10-5-4-6-11(7-10)16-3/h4-9H,13H2,1-3H3,(H,14,15)/t8-,9+/m0/s1. The fourth-order valence-electron chi connectivity index (χ4n) is 1.34. The lowest BCUT2D eigenvalue weighted by Crippen LogP contribution is -2.39. The minimum absolute atomic E-state index is 0.0754. The van der Waals surface area contributed by atoms with Crippen molar-refractivity contribution in [3.05, 3.63) is 29.8 Å². The lowest BCUT2D eigenvalue weighted by molar-refractivity contribution is -0.122. The van der Waals surface area contributed by atoms with Gasteiger partial charge in [-0.2, -0.15) is 0 Å². The highest BCUT2D eigenvalue weighted by molar-refractivity contribution is 5.81. The SMILES string of the molecule is COc1cccc([C@@H](C)NC(=O)[C@H](C)N)c1. The maximum atomic E-state index is 11.4. The van der Waals surface area contributed by atoms with E-state index < -0.39 is 6.04 Å². The van der Waals surface area contributed by atoms with Gasteiger partial charge >= 0.3 is 0 Å². The van der Waals surface area contributed by atoms with E-state index in [4.69, 9.17) is 10.5 Å². The molecule has 4 nitrogen and oxygen atoms in total. The lowest BCUT2D eigenvalue weighted by atomic mass is 10.1. The Morgan fingerprint density at radius 2 is 2.12 bits per heavy atom. The van der Waals surface area contributed by atoms with Gasteiger partial charge in [-0.1, -0.05) is 12.1 Å². The monoisotopic (exact) mass is 222 g/mol. The molecule has 1 aromatic rings. The number of nitrogens with two attached hydrogens (primary N) is 1. The predicted molar refractivity (Wildman–Crippen MR) is 63.2 cm³/mol. The Labute approximate surface area is 95.8 Å². The number of hydrogen-bond donors (Lipinski definition) is 2. The van der Waals surface area contributed by atoms with Crippen LogP contribution in [0.2, 0.25) is 0 Å². The highest BCUT2D eigenvalue weighted by Gasteiger charge is 2.12. The summed E-state index contributed by atoms with van der Waals surface area (Å²) in [6.07, 6.45) is 0. The van der Waals surface area contributed by atoms with Crippen LogP contribution in [0.1, 0.15) is 25.5 Å². The van der Waals surface area contributed by atoms with E-state index in [0.29, 0.717) is 0 Å². The number of benzene rings is 1. The molecule has 1 aromatic carbocycles. The first kappa shape index (κ1) is 12.5.